The van der Waals surface area contributed by atoms with Crippen LogP contribution in [0.1, 0.15) is 0 Å². The number of rotatable bonds is 6. The number of hydrogen-bond acceptors (Lipinski definition) is 3. The van der Waals surface area contributed by atoms with E-state index >= 15 is 0 Å². The molecular formula is C52H33NO2. The van der Waals surface area contributed by atoms with Crippen molar-refractivity contribution >= 4 is 71.7 Å². The maximum Gasteiger partial charge on any atom is 0.136 e. The molecule has 0 spiro atoms. The number of anilines is 3. The monoisotopic (exact) mass is 703 g/mol. The zero-order chi connectivity index (χ0) is 36.3. The Balaban J connectivity index is 1.05. The van der Waals surface area contributed by atoms with Crippen molar-refractivity contribution in [2.75, 3.05) is 4.90 Å². The first-order valence-electron chi connectivity index (χ1n) is 18.7. The minimum Gasteiger partial charge on any atom is -0.456 e. The zero-order valence-corrected chi connectivity index (χ0v) is 29.8. The van der Waals surface area contributed by atoms with Crippen molar-refractivity contribution < 1.29 is 8.83 Å². The molecule has 3 heteroatoms. The molecule has 0 aliphatic rings. The average Bonchev–Trinajstić information content (AvgIpc) is 3.83. The van der Waals surface area contributed by atoms with Crippen LogP contribution in [0, 0.1) is 0 Å². The normalized spacial score (nSPS) is 11.6. The van der Waals surface area contributed by atoms with Crippen molar-refractivity contribution in [2.24, 2.45) is 0 Å². The number of nitrogens with zero attached hydrogens (tertiary/aromatic N) is 1. The molecule has 11 aromatic rings. The van der Waals surface area contributed by atoms with Crippen LogP contribution in [-0.2, 0) is 0 Å². The largest absolute Gasteiger partial charge is 0.456 e. The lowest BCUT2D eigenvalue weighted by molar-refractivity contribution is 0.669. The maximum absolute atomic E-state index is 6.29. The molecule has 0 aliphatic carbocycles. The molecule has 0 saturated heterocycles. The Bertz CT molecular complexity index is 3190. The van der Waals surface area contributed by atoms with E-state index in [0.717, 1.165) is 83.2 Å². The summed E-state index contributed by atoms with van der Waals surface area (Å²) in [4.78, 5) is 2.37. The van der Waals surface area contributed by atoms with Gasteiger partial charge in [0.1, 0.15) is 22.3 Å². The highest BCUT2D eigenvalue weighted by Crippen LogP contribution is 2.44. The van der Waals surface area contributed by atoms with Crippen LogP contribution in [0.2, 0.25) is 0 Å². The predicted molar refractivity (Wildman–Crippen MR) is 229 cm³/mol. The highest BCUT2D eigenvalue weighted by molar-refractivity contribution is 6.19. The van der Waals surface area contributed by atoms with Gasteiger partial charge < -0.3 is 13.7 Å². The number of para-hydroxylation sites is 3. The van der Waals surface area contributed by atoms with Gasteiger partial charge in [0.05, 0.1) is 5.69 Å². The molecule has 0 bridgehead atoms. The highest BCUT2D eigenvalue weighted by Gasteiger charge is 2.19. The Kier molecular flexibility index (Phi) is 7.17. The fourth-order valence-corrected chi connectivity index (χ4v) is 8.19. The van der Waals surface area contributed by atoms with Crippen molar-refractivity contribution in [1.29, 1.82) is 0 Å². The van der Waals surface area contributed by atoms with Gasteiger partial charge in [0.25, 0.3) is 0 Å². The average molecular weight is 704 g/mol. The zero-order valence-electron chi connectivity index (χ0n) is 29.8. The van der Waals surface area contributed by atoms with Gasteiger partial charge >= 0.3 is 0 Å². The van der Waals surface area contributed by atoms with Crippen LogP contribution < -0.4 is 4.90 Å². The van der Waals surface area contributed by atoms with Crippen molar-refractivity contribution in [3.05, 3.63) is 200 Å². The van der Waals surface area contributed by atoms with E-state index in [1.165, 1.54) is 21.9 Å². The highest BCUT2D eigenvalue weighted by atomic mass is 16.3. The lowest BCUT2D eigenvalue weighted by Gasteiger charge is -2.28. The van der Waals surface area contributed by atoms with E-state index in [1.54, 1.807) is 0 Å². The van der Waals surface area contributed by atoms with Gasteiger partial charge in [-0.05, 0) is 105 Å². The number of furan rings is 2. The Labute approximate surface area is 317 Å². The van der Waals surface area contributed by atoms with E-state index in [4.69, 9.17) is 8.83 Å². The quantitative estimate of drug-likeness (QED) is 0.173. The van der Waals surface area contributed by atoms with E-state index in [0.29, 0.717) is 0 Å². The second-order valence-electron chi connectivity index (χ2n) is 14.1. The summed E-state index contributed by atoms with van der Waals surface area (Å²) in [6, 6.07) is 71.1. The van der Waals surface area contributed by atoms with Gasteiger partial charge in [-0.25, -0.2) is 0 Å². The molecule has 0 fully saturated rings. The first kappa shape index (κ1) is 31.2. The lowest BCUT2D eigenvalue weighted by atomic mass is 9.96. The van der Waals surface area contributed by atoms with Gasteiger partial charge in [-0.1, -0.05) is 133 Å². The summed E-state index contributed by atoms with van der Waals surface area (Å²) in [5, 5.41) is 6.92. The first-order chi connectivity index (χ1) is 27.2. The maximum atomic E-state index is 6.29. The standard InChI is InChI=1S/C52H33NO2/c1-2-10-34(11-3-1)35-20-26-40(27-21-35)53(41-28-22-36(23-29-41)38-24-30-44-43-13-5-8-16-48(43)55-51(44)33-38)47-15-7-4-12-42(47)39-19-18-37-25-31-50-52(46(37)32-39)45-14-6-9-17-49(45)54-50/h1-33H. The second kappa shape index (κ2) is 12.6. The van der Waals surface area contributed by atoms with Crippen molar-refractivity contribution in [2.45, 2.75) is 0 Å². The van der Waals surface area contributed by atoms with Gasteiger partial charge in [0.2, 0.25) is 0 Å². The van der Waals surface area contributed by atoms with Crippen LogP contribution in [-0.4, -0.2) is 0 Å². The van der Waals surface area contributed by atoms with E-state index in [1.807, 2.05) is 24.3 Å². The van der Waals surface area contributed by atoms with Crippen LogP contribution in [0.25, 0.3) is 88.0 Å². The van der Waals surface area contributed by atoms with Crippen LogP contribution in [0.3, 0.4) is 0 Å². The van der Waals surface area contributed by atoms with Gasteiger partial charge in [-0.15, -0.1) is 0 Å². The molecular weight excluding hydrogens is 671 g/mol. The van der Waals surface area contributed by atoms with Gasteiger partial charge in [0.15, 0.2) is 0 Å². The van der Waals surface area contributed by atoms with Gasteiger partial charge in [-0.2, -0.15) is 0 Å². The third-order valence-electron chi connectivity index (χ3n) is 10.9. The summed E-state index contributed by atoms with van der Waals surface area (Å²) in [5.74, 6) is 0. The Morgan fingerprint density at radius 2 is 0.855 bits per heavy atom. The minimum absolute atomic E-state index is 0.896. The summed E-state index contributed by atoms with van der Waals surface area (Å²) >= 11 is 0. The van der Waals surface area contributed by atoms with Crippen molar-refractivity contribution in [1.82, 2.24) is 0 Å². The van der Waals surface area contributed by atoms with Crippen molar-refractivity contribution in [3.63, 3.8) is 0 Å². The second-order valence-corrected chi connectivity index (χ2v) is 14.1. The summed E-state index contributed by atoms with van der Waals surface area (Å²) < 4.78 is 12.5. The molecule has 9 aromatic carbocycles. The van der Waals surface area contributed by atoms with E-state index in [9.17, 15) is 0 Å². The summed E-state index contributed by atoms with van der Waals surface area (Å²) in [5.41, 5.74) is 13.8. The third-order valence-corrected chi connectivity index (χ3v) is 10.9. The molecule has 258 valence electrons. The fraction of sp³-hybridized carbons (Fsp3) is 0. The summed E-state index contributed by atoms with van der Waals surface area (Å²) in [6.45, 7) is 0. The molecule has 11 rings (SSSR count). The molecule has 2 heterocycles. The Morgan fingerprint density at radius 1 is 0.309 bits per heavy atom. The van der Waals surface area contributed by atoms with E-state index < -0.39 is 0 Å². The molecule has 0 unspecified atom stereocenters. The van der Waals surface area contributed by atoms with Gasteiger partial charge in [-0.3, -0.25) is 0 Å². The Hall–Kier alpha value is -7.36. The number of fused-ring (bicyclic) bond motifs is 8. The molecule has 3 nitrogen and oxygen atoms in total. The predicted octanol–water partition coefficient (Wildman–Crippen LogP) is 15.1. The van der Waals surface area contributed by atoms with Crippen LogP contribution >= 0.6 is 0 Å². The molecule has 0 atom stereocenters. The van der Waals surface area contributed by atoms with E-state index in [-0.39, 0.29) is 0 Å². The molecule has 2 aromatic heterocycles. The van der Waals surface area contributed by atoms with Crippen LogP contribution in [0.15, 0.2) is 209 Å². The van der Waals surface area contributed by atoms with Crippen molar-refractivity contribution in [3.8, 4) is 33.4 Å². The summed E-state index contributed by atoms with van der Waals surface area (Å²) in [7, 11) is 0. The lowest BCUT2D eigenvalue weighted by Crippen LogP contribution is -2.11. The summed E-state index contributed by atoms with van der Waals surface area (Å²) in [6.07, 6.45) is 0. The molecule has 0 saturated carbocycles. The minimum atomic E-state index is 0.896. The van der Waals surface area contributed by atoms with E-state index in [2.05, 4.69) is 181 Å². The topological polar surface area (TPSA) is 29.5 Å². The Morgan fingerprint density at radius 3 is 1.64 bits per heavy atom. The molecule has 0 aliphatic heterocycles. The molecule has 0 amide bonds. The smallest absolute Gasteiger partial charge is 0.136 e. The molecule has 55 heavy (non-hydrogen) atoms. The fourth-order valence-electron chi connectivity index (χ4n) is 8.19. The SMILES string of the molecule is c1ccc(-c2ccc(N(c3ccc(-c4ccc5c(c4)oc4ccccc45)cc3)c3ccccc3-c3ccc4ccc5oc6ccccc6c5c4c3)cc2)cc1. The number of benzene rings is 9. The van der Waals surface area contributed by atoms with Crippen LogP contribution in [0.4, 0.5) is 17.1 Å². The van der Waals surface area contributed by atoms with Crippen LogP contribution in [0.5, 0.6) is 0 Å². The molecule has 0 radical (unpaired) electrons. The van der Waals surface area contributed by atoms with Gasteiger partial charge in [0, 0.05) is 38.5 Å². The number of hydrogen-bond donors (Lipinski definition) is 0. The third kappa shape index (κ3) is 5.28. The first-order valence-corrected chi connectivity index (χ1v) is 18.7. The molecule has 0 N–H and O–H groups in total.